The molecule has 0 saturated heterocycles. The Morgan fingerprint density at radius 3 is 1.68 bits per heavy atom. The number of Topliss-reactive ketones (excluding diaryl/α,β-unsaturated/α-hetero) is 1. The van der Waals surface area contributed by atoms with Crippen molar-refractivity contribution in [1.29, 1.82) is 0 Å². The van der Waals surface area contributed by atoms with Gasteiger partial charge in [0.1, 0.15) is 0 Å². The number of carbonyl (C=O) groups excluding carboxylic acids is 1. The van der Waals surface area contributed by atoms with Gasteiger partial charge in [0, 0.05) is 6.42 Å². The summed E-state index contributed by atoms with van der Waals surface area (Å²) in [7, 11) is -4.64. The normalized spacial score (nSPS) is 11.1. The van der Waals surface area contributed by atoms with E-state index >= 15 is 0 Å². The summed E-state index contributed by atoms with van der Waals surface area (Å²) >= 11 is 0. The minimum atomic E-state index is -4.64. The summed E-state index contributed by atoms with van der Waals surface area (Å²) in [6.07, 6.45) is 6.50. The van der Waals surface area contributed by atoms with Gasteiger partial charge in [0.05, 0.1) is 0 Å². The highest BCUT2D eigenvalue weighted by Gasteiger charge is 2.09. The maximum atomic E-state index is 10.8. The largest absolute Gasteiger partial charge is 0.466 e. The van der Waals surface area contributed by atoms with Crippen molar-refractivity contribution in [1.82, 2.24) is 0 Å². The molecular formula is C11H25O7P. The van der Waals surface area contributed by atoms with Crippen LogP contribution in [0.1, 0.15) is 58.3 Å². The third-order valence-electron chi connectivity index (χ3n) is 2.31. The molecule has 0 heterocycles. The van der Waals surface area contributed by atoms with Gasteiger partial charge in [-0.2, -0.15) is 0 Å². The third kappa shape index (κ3) is 27.0. The molecule has 0 aliphatic carbocycles. The van der Waals surface area contributed by atoms with Crippen LogP contribution in [0.3, 0.4) is 0 Å². The molecular weight excluding hydrogens is 275 g/mol. The summed E-state index contributed by atoms with van der Waals surface area (Å²) in [5.41, 5.74) is 0. The van der Waals surface area contributed by atoms with Crippen molar-refractivity contribution < 1.29 is 34.3 Å². The Kier molecular flexibility index (Phi) is 14.1. The number of hydrogen-bond acceptors (Lipinski definition) is 4. The molecule has 0 unspecified atom stereocenters. The Bertz CT molecular complexity index is 254. The lowest BCUT2D eigenvalue weighted by molar-refractivity contribution is -0.145. The number of aliphatic hydroxyl groups is 2. The van der Waals surface area contributed by atoms with Gasteiger partial charge in [0.25, 0.3) is 0 Å². The lowest BCUT2D eigenvalue weighted by atomic mass is 10.1. The minimum Gasteiger partial charge on any atom is -0.362 e. The first-order chi connectivity index (χ1) is 8.68. The zero-order valence-corrected chi connectivity index (χ0v) is 12.1. The molecule has 8 heteroatoms. The van der Waals surface area contributed by atoms with Gasteiger partial charge in [-0.15, -0.1) is 0 Å². The summed E-state index contributed by atoms with van der Waals surface area (Å²) in [5.74, 6) is -0.460. The van der Waals surface area contributed by atoms with Gasteiger partial charge in [-0.25, -0.2) is 4.57 Å². The molecule has 0 aromatic heterocycles. The van der Waals surface area contributed by atoms with E-state index < -0.39 is 19.9 Å². The van der Waals surface area contributed by atoms with Gasteiger partial charge in [-0.1, -0.05) is 45.4 Å². The second-order valence-electron chi connectivity index (χ2n) is 4.22. The number of carbonyl (C=O) groups is 1. The molecule has 5 N–H and O–H groups in total. The van der Waals surface area contributed by atoms with Crippen molar-refractivity contribution >= 4 is 13.6 Å². The first-order valence-corrected chi connectivity index (χ1v) is 7.92. The van der Waals surface area contributed by atoms with Crippen molar-refractivity contribution in [2.45, 2.75) is 64.6 Å². The summed E-state index contributed by atoms with van der Waals surface area (Å²) in [5, 5.41) is 17.0. The van der Waals surface area contributed by atoms with Crippen LogP contribution in [0.5, 0.6) is 0 Å². The van der Waals surface area contributed by atoms with Gasteiger partial charge in [0.15, 0.2) is 5.78 Å². The molecule has 0 aromatic rings. The second kappa shape index (κ2) is 12.7. The Morgan fingerprint density at radius 1 is 0.947 bits per heavy atom. The quantitative estimate of drug-likeness (QED) is 0.244. The second-order valence-corrected chi connectivity index (χ2v) is 5.25. The van der Waals surface area contributed by atoms with Crippen molar-refractivity contribution in [2.24, 2.45) is 0 Å². The SMILES string of the molecule is CCCCCCCCCC(=O)C(O)O.O=P(O)(O)O. The smallest absolute Gasteiger partial charge is 0.362 e. The minimum absolute atomic E-state index is 0.297. The van der Waals surface area contributed by atoms with Crippen molar-refractivity contribution in [3.05, 3.63) is 0 Å². The zero-order chi connectivity index (χ0) is 15.3. The molecule has 0 bridgehead atoms. The van der Waals surface area contributed by atoms with Crippen LogP contribution in [0.2, 0.25) is 0 Å². The van der Waals surface area contributed by atoms with Crippen LogP contribution in [-0.2, 0) is 9.36 Å². The van der Waals surface area contributed by atoms with Crippen LogP contribution >= 0.6 is 7.82 Å². The molecule has 19 heavy (non-hydrogen) atoms. The maximum absolute atomic E-state index is 10.8. The van der Waals surface area contributed by atoms with Crippen LogP contribution in [0.4, 0.5) is 0 Å². The fraction of sp³-hybridized carbons (Fsp3) is 0.909. The number of unbranched alkanes of at least 4 members (excludes halogenated alkanes) is 6. The number of aliphatic hydroxyl groups excluding tert-OH is 1. The molecule has 0 aromatic carbocycles. The fourth-order valence-corrected chi connectivity index (χ4v) is 1.39. The van der Waals surface area contributed by atoms with Gasteiger partial charge in [-0.3, -0.25) is 4.79 Å². The highest BCUT2D eigenvalue weighted by Crippen LogP contribution is 2.25. The number of rotatable bonds is 9. The molecule has 0 atom stereocenters. The van der Waals surface area contributed by atoms with Crippen molar-refractivity contribution in [3.63, 3.8) is 0 Å². The van der Waals surface area contributed by atoms with Crippen LogP contribution in [-0.4, -0.2) is 37.0 Å². The van der Waals surface area contributed by atoms with E-state index in [4.69, 9.17) is 29.5 Å². The molecule has 116 valence electrons. The van der Waals surface area contributed by atoms with E-state index in [-0.39, 0.29) is 0 Å². The molecule has 0 aliphatic rings. The highest BCUT2D eigenvalue weighted by atomic mass is 31.2. The van der Waals surface area contributed by atoms with Gasteiger partial charge in [-0.05, 0) is 6.42 Å². The average molecular weight is 300 g/mol. The Balaban J connectivity index is 0. The van der Waals surface area contributed by atoms with E-state index in [0.717, 1.165) is 19.3 Å². The molecule has 0 rings (SSSR count). The Morgan fingerprint density at radius 2 is 1.32 bits per heavy atom. The average Bonchev–Trinajstić information content (AvgIpc) is 2.25. The topological polar surface area (TPSA) is 135 Å². The predicted octanol–water partition coefficient (Wildman–Crippen LogP) is 1.08. The summed E-state index contributed by atoms with van der Waals surface area (Å²) < 4.78 is 8.88. The van der Waals surface area contributed by atoms with E-state index in [1.807, 2.05) is 0 Å². The molecule has 0 aliphatic heterocycles. The molecule has 0 amide bonds. The summed E-state index contributed by atoms with van der Waals surface area (Å²) in [4.78, 5) is 32.3. The van der Waals surface area contributed by atoms with Gasteiger partial charge < -0.3 is 24.9 Å². The molecule has 0 fully saturated rings. The molecule has 7 nitrogen and oxygen atoms in total. The first kappa shape index (κ1) is 21.0. The fourth-order valence-electron chi connectivity index (χ4n) is 1.39. The highest BCUT2D eigenvalue weighted by molar-refractivity contribution is 7.45. The predicted molar refractivity (Wildman–Crippen MR) is 70.1 cm³/mol. The van der Waals surface area contributed by atoms with Crippen LogP contribution in [0, 0.1) is 0 Å². The number of hydrogen-bond donors (Lipinski definition) is 5. The first-order valence-electron chi connectivity index (χ1n) is 6.35. The van der Waals surface area contributed by atoms with Gasteiger partial charge in [0.2, 0.25) is 6.29 Å². The van der Waals surface area contributed by atoms with E-state index in [2.05, 4.69) is 6.92 Å². The molecule has 0 saturated carbocycles. The zero-order valence-electron chi connectivity index (χ0n) is 11.2. The lowest BCUT2D eigenvalue weighted by Gasteiger charge is -2.02. The van der Waals surface area contributed by atoms with E-state index in [1.165, 1.54) is 25.7 Å². The Hall–Kier alpha value is -0.300. The molecule has 0 spiro atoms. The Labute approximate surface area is 113 Å². The van der Waals surface area contributed by atoms with Crippen LogP contribution in [0.15, 0.2) is 0 Å². The maximum Gasteiger partial charge on any atom is 0.466 e. The van der Waals surface area contributed by atoms with E-state index in [1.54, 1.807) is 0 Å². The van der Waals surface area contributed by atoms with Crippen molar-refractivity contribution in [3.8, 4) is 0 Å². The van der Waals surface area contributed by atoms with Crippen LogP contribution in [0.25, 0.3) is 0 Å². The standard InChI is InChI=1S/C11H22O3.H3O4P/c1-2-3-4-5-6-7-8-9-10(12)11(13)14;1-5(2,3)4/h11,13-14H,2-9H2,1H3;(H3,1,2,3,4). The number of ketones is 1. The van der Waals surface area contributed by atoms with Crippen LogP contribution < -0.4 is 0 Å². The van der Waals surface area contributed by atoms with Gasteiger partial charge >= 0.3 is 7.82 Å². The lowest BCUT2D eigenvalue weighted by Crippen LogP contribution is -2.18. The van der Waals surface area contributed by atoms with E-state index in [9.17, 15) is 4.79 Å². The third-order valence-corrected chi connectivity index (χ3v) is 2.31. The summed E-state index contributed by atoms with van der Waals surface area (Å²) in [6, 6.07) is 0. The number of phosphoric acid groups is 1. The van der Waals surface area contributed by atoms with E-state index in [0.29, 0.717) is 6.42 Å². The molecule has 0 radical (unpaired) electrons. The van der Waals surface area contributed by atoms with Crippen molar-refractivity contribution in [2.75, 3.05) is 0 Å². The summed E-state index contributed by atoms with van der Waals surface area (Å²) in [6.45, 7) is 2.18. The monoisotopic (exact) mass is 300 g/mol.